The highest BCUT2D eigenvalue weighted by molar-refractivity contribution is 5.78. The minimum Gasteiger partial charge on any atom is -0.496 e. The van der Waals surface area contributed by atoms with Crippen LogP contribution in [-0.4, -0.2) is 44.0 Å². The van der Waals surface area contributed by atoms with Gasteiger partial charge in [-0.25, -0.2) is 0 Å². The number of nitrogens with one attached hydrogen (secondary N) is 1. The highest BCUT2D eigenvalue weighted by Gasteiger charge is 2.33. The van der Waals surface area contributed by atoms with Gasteiger partial charge in [-0.15, -0.1) is 0 Å². The molecule has 2 N–H and O–H groups in total. The number of methoxy groups -OCH3 is 2. The first kappa shape index (κ1) is 15.5. The Morgan fingerprint density at radius 2 is 2.05 bits per heavy atom. The van der Waals surface area contributed by atoms with Crippen LogP contribution in [0.1, 0.15) is 12.5 Å². The molecular weight excluding hydrogens is 246 g/mol. The summed E-state index contributed by atoms with van der Waals surface area (Å²) in [5.41, 5.74) is -0.188. The molecule has 106 valence electrons. The van der Waals surface area contributed by atoms with Crippen molar-refractivity contribution in [1.82, 2.24) is 5.32 Å². The predicted molar refractivity (Wildman–Crippen MR) is 72.6 cm³/mol. The van der Waals surface area contributed by atoms with Gasteiger partial charge in [0.2, 0.25) is 0 Å². The number of para-hydroxylation sites is 1. The normalized spacial score (nSPS) is 13.8. The summed E-state index contributed by atoms with van der Waals surface area (Å²) < 4.78 is 10.2. The Morgan fingerprint density at radius 1 is 1.37 bits per heavy atom. The Labute approximate surface area is 113 Å². The van der Waals surface area contributed by atoms with Crippen molar-refractivity contribution in [3.8, 4) is 5.75 Å². The van der Waals surface area contributed by atoms with Crippen molar-refractivity contribution in [2.75, 3.05) is 27.4 Å². The fourth-order valence-corrected chi connectivity index (χ4v) is 1.87. The molecule has 5 nitrogen and oxygen atoms in total. The highest BCUT2D eigenvalue weighted by Crippen LogP contribution is 2.23. The van der Waals surface area contributed by atoms with E-state index in [1.807, 2.05) is 24.3 Å². The van der Waals surface area contributed by atoms with Crippen molar-refractivity contribution in [3.63, 3.8) is 0 Å². The second-order valence-electron chi connectivity index (χ2n) is 4.55. The van der Waals surface area contributed by atoms with Gasteiger partial charge in [0.05, 0.1) is 13.7 Å². The Kier molecular flexibility index (Phi) is 5.79. The summed E-state index contributed by atoms with van der Waals surface area (Å²) >= 11 is 0. The van der Waals surface area contributed by atoms with Gasteiger partial charge in [-0.3, -0.25) is 10.1 Å². The van der Waals surface area contributed by atoms with Gasteiger partial charge in [-0.05, 0) is 18.6 Å². The quantitative estimate of drug-likeness (QED) is 0.695. The molecule has 5 heteroatoms. The fraction of sp³-hybridized carbons (Fsp3) is 0.500. The molecule has 0 bridgehead atoms. The van der Waals surface area contributed by atoms with Crippen LogP contribution in [0.2, 0.25) is 0 Å². The number of hydrogen-bond acceptors (Lipinski definition) is 4. The number of carboxylic acids is 1. The second-order valence-corrected chi connectivity index (χ2v) is 4.55. The lowest BCUT2D eigenvalue weighted by Gasteiger charge is -2.27. The van der Waals surface area contributed by atoms with E-state index in [9.17, 15) is 9.90 Å². The van der Waals surface area contributed by atoms with Crippen molar-refractivity contribution in [2.45, 2.75) is 18.9 Å². The Balaban J connectivity index is 2.85. The third kappa shape index (κ3) is 4.22. The number of carbonyl (C=O) groups is 1. The first-order valence-electron chi connectivity index (χ1n) is 6.13. The molecule has 0 aliphatic carbocycles. The first-order valence-corrected chi connectivity index (χ1v) is 6.13. The summed E-state index contributed by atoms with van der Waals surface area (Å²) in [5.74, 6) is -0.196. The van der Waals surface area contributed by atoms with Crippen LogP contribution in [0.3, 0.4) is 0 Å². The molecule has 0 aliphatic rings. The lowest BCUT2D eigenvalue weighted by Crippen LogP contribution is -2.52. The van der Waals surface area contributed by atoms with Crippen LogP contribution < -0.4 is 10.1 Å². The standard InChI is InChI=1S/C14H21NO4/c1-14(13(16)17,15-8-9-18-2)10-11-6-4-5-7-12(11)19-3/h4-7,15H,8-10H2,1-3H3,(H,16,17). The molecule has 1 rings (SSSR count). The molecule has 0 fully saturated rings. The smallest absolute Gasteiger partial charge is 0.323 e. The molecule has 0 aromatic heterocycles. The van der Waals surface area contributed by atoms with Crippen LogP contribution in [0, 0.1) is 0 Å². The van der Waals surface area contributed by atoms with E-state index in [0.717, 1.165) is 5.56 Å². The molecule has 0 spiro atoms. The fourth-order valence-electron chi connectivity index (χ4n) is 1.87. The zero-order chi connectivity index (χ0) is 14.3. The monoisotopic (exact) mass is 267 g/mol. The van der Waals surface area contributed by atoms with E-state index in [2.05, 4.69) is 5.32 Å². The van der Waals surface area contributed by atoms with Gasteiger partial charge < -0.3 is 14.6 Å². The average molecular weight is 267 g/mol. The molecule has 19 heavy (non-hydrogen) atoms. The number of carboxylic acid groups (broad SMARTS) is 1. The van der Waals surface area contributed by atoms with Gasteiger partial charge >= 0.3 is 5.97 Å². The summed E-state index contributed by atoms with van der Waals surface area (Å²) in [4.78, 5) is 11.5. The maximum atomic E-state index is 11.5. The van der Waals surface area contributed by atoms with E-state index in [1.54, 1.807) is 21.1 Å². The van der Waals surface area contributed by atoms with E-state index in [4.69, 9.17) is 9.47 Å². The molecule has 1 unspecified atom stereocenters. The topological polar surface area (TPSA) is 67.8 Å². The van der Waals surface area contributed by atoms with Gasteiger partial charge in [0.1, 0.15) is 11.3 Å². The van der Waals surface area contributed by atoms with Crippen molar-refractivity contribution < 1.29 is 19.4 Å². The van der Waals surface area contributed by atoms with Crippen LogP contribution in [0.5, 0.6) is 5.75 Å². The van der Waals surface area contributed by atoms with Crippen LogP contribution in [-0.2, 0) is 16.0 Å². The van der Waals surface area contributed by atoms with Crippen LogP contribution >= 0.6 is 0 Å². The van der Waals surface area contributed by atoms with Gasteiger partial charge in [-0.1, -0.05) is 18.2 Å². The lowest BCUT2D eigenvalue weighted by atomic mass is 9.92. The molecule has 0 radical (unpaired) electrons. The summed E-state index contributed by atoms with van der Waals surface area (Å²) in [6.07, 6.45) is 0.343. The van der Waals surface area contributed by atoms with Crippen molar-refractivity contribution in [3.05, 3.63) is 29.8 Å². The van der Waals surface area contributed by atoms with Crippen LogP contribution in [0.4, 0.5) is 0 Å². The molecule has 1 aromatic carbocycles. The molecule has 1 aromatic rings. The third-order valence-corrected chi connectivity index (χ3v) is 3.03. The highest BCUT2D eigenvalue weighted by atomic mass is 16.5. The number of aliphatic carboxylic acids is 1. The average Bonchev–Trinajstić information content (AvgIpc) is 2.39. The van der Waals surface area contributed by atoms with Crippen molar-refractivity contribution >= 4 is 5.97 Å². The van der Waals surface area contributed by atoms with Gasteiger partial charge in [0.25, 0.3) is 0 Å². The minimum absolute atomic E-state index is 0.343. The van der Waals surface area contributed by atoms with E-state index < -0.39 is 11.5 Å². The number of benzene rings is 1. The summed E-state index contributed by atoms with van der Waals surface area (Å²) in [7, 11) is 3.16. The van der Waals surface area contributed by atoms with Gasteiger partial charge in [-0.2, -0.15) is 0 Å². The van der Waals surface area contributed by atoms with Crippen LogP contribution in [0.25, 0.3) is 0 Å². The van der Waals surface area contributed by atoms with Crippen LogP contribution in [0.15, 0.2) is 24.3 Å². The second kappa shape index (κ2) is 7.11. The first-order chi connectivity index (χ1) is 9.03. The predicted octanol–water partition coefficient (Wildman–Crippen LogP) is 1.32. The molecule has 1 atom stereocenters. The number of ether oxygens (including phenoxy) is 2. The molecule has 0 saturated carbocycles. The van der Waals surface area contributed by atoms with Crippen molar-refractivity contribution in [1.29, 1.82) is 0 Å². The molecular formula is C14H21NO4. The Morgan fingerprint density at radius 3 is 2.63 bits per heavy atom. The van der Waals surface area contributed by atoms with Crippen molar-refractivity contribution in [2.24, 2.45) is 0 Å². The molecule has 0 heterocycles. The molecule has 0 amide bonds. The summed E-state index contributed by atoms with van der Waals surface area (Å²) in [5, 5.41) is 12.4. The van der Waals surface area contributed by atoms with E-state index in [-0.39, 0.29) is 0 Å². The third-order valence-electron chi connectivity index (χ3n) is 3.03. The van der Waals surface area contributed by atoms with Gasteiger partial charge in [0, 0.05) is 20.1 Å². The maximum Gasteiger partial charge on any atom is 0.323 e. The summed E-state index contributed by atoms with van der Waals surface area (Å²) in [6.45, 7) is 2.61. The zero-order valence-corrected chi connectivity index (χ0v) is 11.6. The Bertz CT molecular complexity index is 422. The lowest BCUT2D eigenvalue weighted by molar-refractivity contribution is -0.144. The molecule has 0 aliphatic heterocycles. The SMILES string of the molecule is COCCNC(C)(Cc1ccccc1OC)C(=O)O. The minimum atomic E-state index is -1.05. The molecule has 0 saturated heterocycles. The largest absolute Gasteiger partial charge is 0.496 e. The Hall–Kier alpha value is -1.59. The van der Waals surface area contributed by atoms with E-state index >= 15 is 0 Å². The van der Waals surface area contributed by atoms with E-state index in [0.29, 0.717) is 25.3 Å². The van der Waals surface area contributed by atoms with Gasteiger partial charge in [0.15, 0.2) is 0 Å². The zero-order valence-electron chi connectivity index (χ0n) is 11.6. The number of hydrogen-bond donors (Lipinski definition) is 2. The maximum absolute atomic E-state index is 11.5. The number of rotatable bonds is 8. The summed E-state index contributed by atoms with van der Waals surface area (Å²) in [6, 6.07) is 7.43. The van der Waals surface area contributed by atoms with E-state index in [1.165, 1.54) is 0 Å².